The zero-order chi connectivity index (χ0) is 15.4. The van der Waals surface area contributed by atoms with Crippen molar-refractivity contribution in [3.8, 4) is 0 Å². The van der Waals surface area contributed by atoms with Crippen LogP contribution >= 0.6 is 0 Å². The van der Waals surface area contributed by atoms with Gasteiger partial charge in [-0.2, -0.15) is 0 Å². The summed E-state index contributed by atoms with van der Waals surface area (Å²) in [7, 11) is 0. The van der Waals surface area contributed by atoms with Gasteiger partial charge in [0.15, 0.2) is 0 Å². The summed E-state index contributed by atoms with van der Waals surface area (Å²) in [6, 6.07) is 3.74. The maximum atomic E-state index is 12.6. The SMILES string of the molecule is Cc1cc(C)c(C(=O)N2CCC(OCCO)CC2)cc1N. The third-order valence-electron chi connectivity index (χ3n) is 4.02. The Bertz CT molecular complexity index is 508. The maximum absolute atomic E-state index is 12.6. The van der Waals surface area contributed by atoms with E-state index in [1.54, 1.807) is 6.07 Å². The minimum absolute atomic E-state index is 0.0415. The Hall–Kier alpha value is -1.59. The molecule has 116 valence electrons. The molecule has 0 unspecified atom stereocenters. The number of hydrogen-bond acceptors (Lipinski definition) is 4. The first-order chi connectivity index (χ1) is 10.0. The molecule has 1 saturated heterocycles. The number of aliphatic hydroxyl groups is 1. The van der Waals surface area contributed by atoms with Crippen LogP contribution in [-0.4, -0.2) is 48.3 Å². The smallest absolute Gasteiger partial charge is 0.254 e. The lowest BCUT2D eigenvalue weighted by atomic mass is 10.0. The quantitative estimate of drug-likeness (QED) is 0.825. The van der Waals surface area contributed by atoms with E-state index in [-0.39, 0.29) is 18.6 Å². The van der Waals surface area contributed by atoms with E-state index in [9.17, 15) is 4.79 Å². The summed E-state index contributed by atoms with van der Waals surface area (Å²) < 4.78 is 5.52. The summed E-state index contributed by atoms with van der Waals surface area (Å²) in [6.07, 6.45) is 1.77. The molecule has 1 heterocycles. The molecule has 1 aliphatic heterocycles. The lowest BCUT2D eigenvalue weighted by Gasteiger charge is -2.32. The number of rotatable bonds is 4. The molecule has 0 spiro atoms. The summed E-state index contributed by atoms with van der Waals surface area (Å²) in [4.78, 5) is 14.5. The molecular weight excluding hydrogens is 268 g/mol. The molecule has 0 radical (unpaired) electrons. The Morgan fingerprint density at radius 2 is 2.00 bits per heavy atom. The standard InChI is InChI=1S/C16H24N2O3/c1-11-9-12(2)15(17)10-14(11)16(20)18-5-3-13(4-6-18)21-8-7-19/h9-10,13,19H,3-8,17H2,1-2H3. The fraction of sp³-hybridized carbons (Fsp3) is 0.562. The number of likely N-dealkylation sites (tertiary alicyclic amines) is 1. The zero-order valence-corrected chi connectivity index (χ0v) is 12.8. The molecule has 0 bridgehead atoms. The molecule has 1 aromatic carbocycles. The van der Waals surface area contributed by atoms with E-state index in [4.69, 9.17) is 15.6 Å². The van der Waals surface area contributed by atoms with Crippen molar-refractivity contribution in [3.05, 3.63) is 28.8 Å². The largest absolute Gasteiger partial charge is 0.398 e. The van der Waals surface area contributed by atoms with Gasteiger partial charge < -0.3 is 20.5 Å². The molecule has 0 saturated carbocycles. The Morgan fingerprint density at radius 1 is 1.33 bits per heavy atom. The lowest BCUT2D eigenvalue weighted by Crippen LogP contribution is -2.41. The topological polar surface area (TPSA) is 75.8 Å². The molecule has 1 fully saturated rings. The van der Waals surface area contributed by atoms with Crippen LogP contribution in [0.1, 0.15) is 34.3 Å². The molecule has 5 heteroatoms. The van der Waals surface area contributed by atoms with Crippen molar-refractivity contribution in [1.82, 2.24) is 4.90 Å². The summed E-state index contributed by atoms with van der Waals surface area (Å²) in [5, 5.41) is 8.76. The van der Waals surface area contributed by atoms with Gasteiger partial charge in [-0.3, -0.25) is 4.79 Å². The van der Waals surface area contributed by atoms with E-state index in [2.05, 4.69) is 0 Å². The van der Waals surface area contributed by atoms with E-state index >= 15 is 0 Å². The van der Waals surface area contributed by atoms with E-state index in [1.165, 1.54) is 0 Å². The third kappa shape index (κ3) is 3.74. The second-order valence-corrected chi connectivity index (χ2v) is 5.61. The van der Waals surface area contributed by atoms with Gasteiger partial charge in [0.1, 0.15) is 0 Å². The minimum atomic E-state index is 0.0415. The van der Waals surface area contributed by atoms with E-state index < -0.39 is 0 Å². The number of amides is 1. The highest BCUT2D eigenvalue weighted by molar-refractivity contribution is 5.96. The van der Waals surface area contributed by atoms with Gasteiger partial charge in [-0.25, -0.2) is 0 Å². The summed E-state index contributed by atoms with van der Waals surface area (Å²) in [5.74, 6) is 0.0415. The molecule has 2 rings (SSSR count). The van der Waals surface area contributed by atoms with Crippen LogP contribution in [-0.2, 0) is 4.74 Å². The Balaban J connectivity index is 2.00. The van der Waals surface area contributed by atoms with Crippen LogP contribution in [0.4, 0.5) is 5.69 Å². The molecular formula is C16H24N2O3. The number of piperidine rings is 1. The Labute approximate surface area is 125 Å². The summed E-state index contributed by atoms with van der Waals surface area (Å²) >= 11 is 0. The second kappa shape index (κ2) is 6.91. The van der Waals surface area contributed by atoms with Crippen molar-refractivity contribution < 1.29 is 14.6 Å². The first kappa shape index (κ1) is 15.8. The number of aliphatic hydroxyl groups excluding tert-OH is 1. The lowest BCUT2D eigenvalue weighted by molar-refractivity contribution is -0.00555. The van der Waals surface area contributed by atoms with Crippen molar-refractivity contribution >= 4 is 11.6 Å². The number of nitrogens with two attached hydrogens (primary N) is 1. The zero-order valence-electron chi connectivity index (χ0n) is 12.8. The van der Waals surface area contributed by atoms with Crippen molar-refractivity contribution in [2.45, 2.75) is 32.8 Å². The van der Waals surface area contributed by atoms with Gasteiger partial charge in [-0.15, -0.1) is 0 Å². The number of ether oxygens (including phenoxy) is 1. The van der Waals surface area contributed by atoms with Crippen LogP contribution in [0.3, 0.4) is 0 Å². The van der Waals surface area contributed by atoms with Crippen LogP contribution in [0.5, 0.6) is 0 Å². The van der Waals surface area contributed by atoms with Gasteiger partial charge in [0, 0.05) is 24.3 Å². The number of nitrogen functional groups attached to an aromatic ring is 1. The second-order valence-electron chi connectivity index (χ2n) is 5.61. The average Bonchev–Trinajstić information content (AvgIpc) is 2.48. The highest BCUT2D eigenvalue weighted by Gasteiger charge is 2.25. The predicted molar refractivity (Wildman–Crippen MR) is 82.3 cm³/mol. The van der Waals surface area contributed by atoms with E-state index in [1.807, 2.05) is 24.8 Å². The minimum Gasteiger partial charge on any atom is -0.398 e. The highest BCUT2D eigenvalue weighted by atomic mass is 16.5. The number of nitrogens with zero attached hydrogens (tertiary/aromatic N) is 1. The van der Waals surface area contributed by atoms with Crippen LogP contribution in [0.15, 0.2) is 12.1 Å². The first-order valence-corrected chi connectivity index (χ1v) is 7.41. The molecule has 5 nitrogen and oxygen atoms in total. The third-order valence-corrected chi connectivity index (χ3v) is 4.02. The van der Waals surface area contributed by atoms with Gasteiger partial charge in [-0.05, 0) is 43.9 Å². The predicted octanol–water partition coefficient (Wildman–Crippen LogP) is 1.50. The van der Waals surface area contributed by atoms with Crippen molar-refractivity contribution in [2.75, 3.05) is 32.0 Å². The fourth-order valence-electron chi connectivity index (χ4n) is 2.71. The number of benzene rings is 1. The van der Waals surface area contributed by atoms with Gasteiger partial charge in [-0.1, -0.05) is 6.07 Å². The molecule has 0 aromatic heterocycles. The average molecular weight is 292 g/mol. The monoisotopic (exact) mass is 292 g/mol. The van der Waals surface area contributed by atoms with Gasteiger partial charge in [0.2, 0.25) is 0 Å². The maximum Gasteiger partial charge on any atom is 0.254 e. The normalized spacial score (nSPS) is 16.2. The molecule has 1 aromatic rings. The number of anilines is 1. The van der Waals surface area contributed by atoms with Crippen LogP contribution in [0.25, 0.3) is 0 Å². The number of hydrogen-bond donors (Lipinski definition) is 2. The van der Waals surface area contributed by atoms with Gasteiger partial charge in [0.25, 0.3) is 5.91 Å². The first-order valence-electron chi connectivity index (χ1n) is 7.41. The van der Waals surface area contributed by atoms with Crippen LogP contribution in [0.2, 0.25) is 0 Å². The molecule has 1 aliphatic rings. The van der Waals surface area contributed by atoms with Gasteiger partial charge >= 0.3 is 0 Å². The summed E-state index contributed by atoms with van der Waals surface area (Å²) in [6.45, 7) is 5.66. The molecule has 0 atom stereocenters. The van der Waals surface area contributed by atoms with Crippen molar-refractivity contribution in [3.63, 3.8) is 0 Å². The Kier molecular flexibility index (Phi) is 5.20. The Morgan fingerprint density at radius 3 is 2.62 bits per heavy atom. The molecule has 0 aliphatic carbocycles. The summed E-state index contributed by atoms with van der Waals surface area (Å²) in [5.41, 5.74) is 9.23. The van der Waals surface area contributed by atoms with Crippen molar-refractivity contribution in [1.29, 1.82) is 0 Å². The van der Waals surface area contributed by atoms with Gasteiger partial charge in [0.05, 0.1) is 19.3 Å². The number of carbonyl (C=O) groups excluding carboxylic acids is 1. The number of aryl methyl sites for hydroxylation is 2. The molecule has 3 N–H and O–H groups in total. The number of carbonyl (C=O) groups is 1. The van der Waals surface area contributed by atoms with E-state index in [0.29, 0.717) is 30.9 Å². The van der Waals surface area contributed by atoms with Crippen LogP contribution < -0.4 is 5.73 Å². The fourth-order valence-corrected chi connectivity index (χ4v) is 2.71. The molecule has 21 heavy (non-hydrogen) atoms. The highest BCUT2D eigenvalue weighted by Crippen LogP contribution is 2.22. The van der Waals surface area contributed by atoms with Crippen LogP contribution in [0, 0.1) is 13.8 Å². The van der Waals surface area contributed by atoms with Crippen molar-refractivity contribution in [2.24, 2.45) is 0 Å². The molecule has 1 amide bonds. The van der Waals surface area contributed by atoms with E-state index in [0.717, 1.165) is 24.0 Å².